The molecule has 32 heavy (non-hydrogen) atoms. The fourth-order valence-electron chi connectivity index (χ4n) is 3.97. The second-order valence-electron chi connectivity index (χ2n) is 7.88. The molecule has 1 aromatic rings. The average Bonchev–Trinajstić information content (AvgIpc) is 2.70. The molecule has 0 bridgehead atoms. The minimum atomic E-state index is -4.63. The lowest BCUT2D eigenvalue weighted by Gasteiger charge is -2.42. The molecule has 11 heteroatoms. The van der Waals surface area contributed by atoms with E-state index < -0.39 is 30.5 Å². The van der Waals surface area contributed by atoms with Gasteiger partial charge in [-0.2, -0.15) is 13.2 Å². The third-order valence-electron chi connectivity index (χ3n) is 5.44. The molecule has 0 aromatic heterocycles. The molecule has 1 aromatic carbocycles. The second kappa shape index (κ2) is 9.76. The molecule has 2 aliphatic heterocycles. The highest BCUT2D eigenvalue weighted by molar-refractivity contribution is 5.99. The van der Waals surface area contributed by atoms with Gasteiger partial charge in [-0.1, -0.05) is 0 Å². The van der Waals surface area contributed by atoms with Gasteiger partial charge in [0.05, 0.1) is 24.1 Å². The summed E-state index contributed by atoms with van der Waals surface area (Å²) in [6, 6.07) is 3.83. The average molecular weight is 457 g/mol. The van der Waals surface area contributed by atoms with E-state index in [2.05, 4.69) is 10.6 Å². The number of rotatable bonds is 5. The van der Waals surface area contributed by atoms with E-state index in [4.69, 9.17) is 9.47 Å². The molecule has 0 unspecified atom stereocenters. The number of nitrogens with one attached hydrogen (secondary N) is 2. The van der Waals surface area contributed by atoms with Crippen LogP contribution < -0.4 is 15.4 Å². The van der Waals surface area contributed by atoms with Crippen LogP contribution in [-0.4, -0.2) is 67.2 Å². The fraction of sp³-hybridized carbons (Fsp3) is 0.571. The number of benzene rings is 1. The van der Waals surface area contributed by atoms with Gasteiger partial charge in [-0.25, -0.2) is 0 Å². The number of fused-ring (bicyclic) bond motifs is 2. The van der Waals surface area contributed by atoms with Gasteiger partial charge in [-0.05, 0) is 38.0 Å². The maximum absolute atomic E-state index is 13.1. The van der Waals surface area contributed by atoms with E-state index in [9.17, 15) is 27.6 Å². The van der Waals surface area contributed by atoms with Gasteiger partial charge in [0.1, 0.15) is 24.9 Å². The molecular formula is C21H26F3N3O5. The van der Waals surface area contributed by atoms with Crippen molar-refractivity contribution in [2.24, 2.45) is 0 Å². The lowest BCUT2D eigenvalue weighted by Crippen LogP contribution is -2.54. The van der Waals surface area contributed by atoms with Crippen molar-refractivity contribution < 1.29 is 37.0 Å². The Kier molecular flexibility index (Phi) is 7.27. The molecule has 0 spiro atoms. The molecule has 2 heterocycles. The largest absolute Gasteiger partial charge is 0.490 e. The maximum atomic E-state index is 13.1. The summed E-state index contributed by atoms with van der Waals surface area (Å²) in [5, 5.41) is 4.90. The van der Waals surface area contributed by atoms with Gasteiger partial charge in [0.2, 0.25) is 11.8 Å². The summed E-state index contributed by atoms with van der Waals surface area (Å²) in [6.45, 7) is 2.51. The Morgan fingerprint density at radius 2 is 1.97 bits per heavy atom. The first-order chi connectivity index (χ1) is 15.1. The van der Waals surface area contributed by atoms with Crippen LogP contribution in [0.3, 0.4) is 0 Å². The minimum absolute atomic E-state index is 0.0716. The molecule has 0 aliphatic carbocycles. The Morgan fingerprint density at radius 1 is 1.22 bits per heavy atom. The number of likely N-dealkylation sites (N-methyl/N-ethyl adjacent to an activating group) is 1. The lowest BCUT2D eigenvalue weighted by atomic mass is 9.94. The molecule has 3 atom stereocenters. The summed E-state index contributed by atoms with van der Waals surface area (Å²) in [4.78, 5) is 38.1. The number of alkyl halides is 3. The number of carbonyl (C=O) groups excluding carboxylic acids is 3. The zero-order chi connectivity index (χ0) is 23.5. The van der Waals surface area contributed by atoms with Crippen molar-refractivity contribution in [2.45, 2.75) is 57.0 Å². The quantitative estimate of drug-likeness (QED) is 0.708. The fourth-order valence-corrected chi connectivity index (χ4v) is 3.97. The summed E-state index contributed by atoms with van der Waals surface area (Å²) in [5.74, 6) is -1.47. The molecule has 8 nitrogen and oxygen atoms in total. The summed E-state index contributed by atoms with van der Waals surface area (Å²) in [5.41, 5.74) is 0.211. The van der Waals surface area contributed by atoms with Crippen LogP contribution in [0, 0.1) is 0 Å². The van der Waals surface area contributed by atoms with Crippen molar-refractivity contribution in [1.82, 2.24) is 10.2 Å². The number of ether oxygens (including phenoxy) is 2. The van der Waals surface area contributed by atoms with Gasteiger partial charge >= 0.3 is 6.18 Å². The standard InChI is InChI=1S/C21H26F3N3O5/c1-3-25-18(28)9-13-5-6-15-17(32-13)11-31-16-7-4-12(8-14(16)20(30)27(15)2)26-19(29)10-21(22,23)24/h4,7-8,13,15,17H,3,5-6,9-11H2,1-2H3,(H,25,28)(H,26,29)/t13-,15+,17-/m1/s1. The Bertz CT molecular complexity index is 877. The second-order valence-corrected chi connectivity index (χ2v) is 7.88. The number of hydrogen-bond acceptors (Lipinski definition) is 5. The number of nitrogens with zero attached hydrogens (tertiary/aromatic N) is 1. The summed E-state index contributed by atoms with van der Waals surface area (Å²) in [6.07, 6.45) is -5.53. The van der Waals surface area contributed by atoms with Crippen LogP contribution in [0.15, 0.2) is 18.2 Å². The Balaban J connectivity index is 1.73. The lowest BCUT2D eigenvalue weighted by molar-refractivity contribution is -0.150. The molecular weight excluding hydrogens is 431 g/mol. The SMILES string of the molecule is CCNC(=O)C[C@H]1CC[C@H]2[C@@H](COc3ccc(NC(=O)CC(F)(F)F)cc3C(=O)N2C)O1. The Hall–Kier alpha value is -2.82. The zero-order valence-corrected chi connectivity index (χ0v) is 17.8. The van der Waals surface area contributed by atoms with E-state index in [-0.39, 0.29) is 48.1 Å². The zero-order valence-electron chi connectivity index (χ0n) is 17.8. The van der Waals surface area contributed by atoms with Crippen LogP contribution in [0.4, 0.5) is 18.9 Å². The molecule has 2 N–H and O–H groups in total. The van der Waals surface area contributed by atoms with Crippen LogP contribution in [0.5, 0.6) is 5.75 Å². The number of carbonyl (C=O) groups is 3. The van der Waals surface area contributed by atoms with Gasteiger partial charge < -0.3 is 25.0 Å². The normalized spacial score (nSPS) is 23.2. The molecule has 1 saturated heterocycles. The molecule has 3 amide bonds. The van der Waals surface area contributed by atoms with E-state index in [0.717, 1.165) is 0 Å². The molecule has 3 rings (SSSR count). The summed E-state index contributed by atoms with van der Waals surface area (Å²) < 4.78 is 49.1. The van der Waals surface area contributed by atoms with Crippen molar-refractivity contribution in [1.29, 1.82) is 0 Å². The molecule has 2 aliphatic rings. The summed E-state index contributed by atoms with van der Waals surface area (Å²) in [7, 11) is 1.62. The molecule has 176 valence electrons. The van der Waals surface area contributed by atoms with Crippen molar-refractivity contribution >= 4 is 23.4 Å². The molecule has 0 radical (unpaired) electrons. The minimum Gasteiger partial charge on any atom is -0.490 e. The third kappa shape index (κ3) is 5.90. The maximum Gasteiger partial charge on any atom is 0.397 e. The van der Waals surface area contributed by atoms with Crippen molar-refractivity contribution in [3.8, 4) is 5.75 Å². The highest BCUT2D eigenvalue weighted by Gasteiger charge is 2.39. The van der Waals surface area contributed by atoms with Crippen molar-refractivity contribution in [3.63, 3.8) is 0 Å². The van der Waals surface area contributed by atoms with E-state index in [1.807, 2.05) is 6.92 Å². The van der Waals surface area contributed by atoms with Gasteiger partial charge in [0.25, 0.3) is 5.91 Å². The van der Waals surface area contributed by atoms with Crippen LogP contribution >= 0.6 is 0 Å². The first-order valence-electron chi connectivity index (χ1n) is 10.4. The first-order valence-corrected chi connectivity index (χ1v) is 10.4. The van der Waals surface area contributed by atoms with Crippen molar-refractivity contribution in [2.75, 3.05) is 25.5 Å². The van der Waals surface area contributed by atoms with Crippen molar-refractivity contribution in [3.05, 3.63) is 23.8 Å². The first kappa shape index (κ1) is 23.8. The van der Waals surface area contributed by atoms with Gasteiger partial charge in [-0.3, -0.25) is 14.4 Å². The van der Waals surface area contributed by atoms with E-state index in [1.54, 1.807) is 7.05 Å². The van der Waals surface area contributed by atoms with Crippen LogP contribution in [0.1, 0.15) is 43.0 Å². The Morgan fingerprint density at radius 3 is 2.66 bits per heavy atom. The smallest absolute Gasteiger partial charge is 0.397 e. The number of halogens is 3. The van der Waals surface area contributed by atoms with E-state index >= 15 is 0 Å². The monoisotopic (exact) mass is 457 g/mol. The highest BCUT2D eigenvalue weighted by Crippen LogP contribution is 2.32. The van der Waals surface area contributed by atoms with Gasteiger partial charge in [-0.15, -0.1) is 0 Å². The van der Waals surface area contributed by atoms with Gasteiger partial charge in [0, 0.05) is 19.3 Å². The third-order valence-corrected chi connectivity index (χ3v) is 5.44. The van der Waals surface area contributed by atoms with Crippen LogP contribution in [0.25, 0.3) is 0 Å². The topological polar surface area (TPSA) is 97.0 Å². The predicted molar refractivity (Wildman–Crippen MR) is 108 cm³/mol. The number of amides is 3. The highest BCUT2D eigenvalue weighted by atomic mass is 19.4. The number of hydrogen-bond donors (Lipinski definition) is 2. The Labute approximate surface area is 183 Å². The summed E-state index contributed by atoms with van der Waals surface area (Å²) >= 11 is 0. The number of anilines is 1. The van der Waals surface area contributed by atoms with Crippen LogP contribution in [0.2, 0.25) is 0 Å². The van der Waals surface area contributed by atoms with Crippen LogP contribution in [-0.2, 0) is 14.3 Å². The van der Waals surface area contributed by atoms with E-state index in [1.165, 1.54) is 23.1 Å². The van der Waals surface area contributed by atoms with Gasteiger partial charge in [0.15, 0.2) is 0 Å². The molecule has 1 fully saturated rings. The molecule has 0 saturated carbocycles. The van der Waals surface area contributed by atoms with E-state index in [0.29, 0.717) is 19.4 Å². The predicted octanol–water partition coefficient (Wildman–Crippen LogP) is 2.48.